The summed E-state index contributed by atoms with van der Waals surface area (Å²) < 4.78 is 29.1. The first-order valence-corrected chi connectivity index (χ1v) is 11.7. The van der Waals surface area contributed by atoms with Crippen molar-refractivity contribution in [1.29, 1.82) is 0 Å². The summed E-state index contributed by atoms with van der Waals surface area (Å²) in [6.07, 6.45) is 8.20. The Kier molecular flexibility index (Phi) is 4.65. The topological polar surface area (TPSA) is 80.5 Å². The Morgan fingerprint density at radius 2 is 1.62 bits per heavy atom. The van der Waals surface area contributed by atoms with Crippen molar-refractivity contribution in [3.63, 3.8) is 0 Å². The molecule has 4 heterocycles. The number of nitrogens with zero attached hydrogens (tertiary/aromatic N) is 5. The molecule has 0 N–H and O–H groups in total. The van der Waals surface area contributed by atoms with E-state index in [9.17, 15) is 8.42 Å². The number of hydrogen-bond donors (Lipinski definition) is 0. The van der Waals surface area contributed by atoms with Crippen molar-refractivity contribution in [2.75, 3.05) is 13.1 Å². The third-order valence-electron chi connectivity index (χ3n) is 5.09. The second-order valence-electron chi connectivity index (χ2n) is 6.96. The second-order valence-corrected chi connectivity index (χ2v) is 9.91. The van der Waals surface area contributed by atoms with Gasteiger partial charge in [-0.25, -0.2) is 17.9 Å². The largest absolute Gasteiger partial charge is 0.265 e. The number of piperidine rings is 1. The maximum absolute atomic E-state index is 12.8. The minimum Gasteiger partial charge on any atom is -0.265 e. The Bertz CT molecular complexity index is 1240. The average molecular weight is 426 g/mol. The predicted molar refractivity (Wildman–Crippen MR) is 112 cm³/mol. The first-order chi connectivity index (χ1) is 14.1. The molecule has 0 unspecified atom stereocenters. The van der Waals surface area contributed by atoms with Gasteiger partial charge in [-0.1, -0.05) is 29.9 Å². The zero-order valence-corrected chi connectivity index (χ0v) is 17.2. The molecule has 1 fully saturated rings. The SMILES string of the molecule is O=S(=O)(c1ccc(-c2nn3c(-c4ccncc4)ncc3s2)cc1)N1CCCCC1. The Balaban J connectivity index is 1.46. The van der Waals surface area contributed by atoms with Crippen LogP contribution in [0.15, 0.2) is 59.9 Å². The summed E-state index contributed by atoms with van der Waals surface area (Å²) in [5, 5.41) is 5.51. The summed E-state index contributed by atoms with van der Waals surface area (Å²) in [4.78, 5) is 9.77. The Hall–Kier alpha value is -2.62. The molecule has 0 bridgehead atoms. The van der Waals surface area contributed by atoms with E-state index in [2.05, 4.69) is 9.97 Å². The van der Waals surface area contributed by atoms with Crippen LogP contribution in [0.25, 0.3) is 26.8 Å². The number of benzene rings is 1. The minimum absolute atomic E-state index is 0.338. The van der Waals surface area contributed by atoms with Gasteiger partial charge < -0.3 is 0 Å². The van der Waals surface area contributed by atoms with E-state index in [-0.39, 0.29) is 0 Å². The Labute approximate surface area is 172 Å². The molecule has 7 nitrogen and oxygen atoms in total. The molecule has 1 saturated heterocycles. The van der Waals surface area contributed by atoms with Crippen molar-refractivity contribution in [1.82, 2.24) is 23.9 Å². The van der Waals surface area contributed by atoms with Crippen molar-refractivity contribution in [2.45, 2.75) is 24.2 Å². The highest BCUT2D eigenvalue weighted by molar-refractivity contribution is 7.89. The van der Waals surface area contributed by atoms with Gasteiger partial charge in [0, 0.05) is 36.6 Å². The van der Waals surface area contributed by atoms with Gasteiger partial charge in [-0.3, -0.25) is 4.98 Å². The van der Waals surface area contributed by atoms with Gasteiger partial charge >= 0.3 is 0 Å². The van der Waals surface area contributed by atoms with E-state index in [0.29, 0.717) is 18.0 Å². The Morgan fingerprint density at radius 1 is 0.897 bits per heavy atom. The van der Waals surface area contributed by atoms with Crippen LogP contribution in [-0.2, 0) is 10.0 Å². The maximum Gasteiger partial charge on any atom is 0.243 e. The van der Waals surface area contributed by atoms with Gasteiger partial charge in [-0.2, -0.15) is 9.40 Å². The summed E-state index contributed by atoms with van der Waals surface area (Å²) >= 11 is 1.52. The summed E-state index contributed by atoms with van der Waals surface area (Å²) in [5.74, 6) is 0.759. The number of aromatic nitrogens is 4. The van der Waals surface area contributed by atoms with Crippen molar-refractivity contribution in [3.8, 4) is 22.0 Å². The highest BCUT2D eigenvalue weighted by Crippen LogP contribution is 2.30. The summed E-state index contributed by atoms with van der Waals surface area (Å²) in [6.45, 7) is 1.21. The normalized spacial score (nSPS) is 15.7. The van der Waals surface area contributed by atoms with E-state index >= 15 is 0 Å². The number of pyridine rings is 1. The van der Waals surface area contributed by atoms with Gasteiger partial charge in [-0.05, 0) is 37.1 Å². The van der Waals surface area contributed by atoms with Gasteiger partial charge in [0.25, 0.3) is 0 Å². The lowest BCUT2D eigenvalue weighted by Gasteiger charge is -2.25. The molecular formula is C20H19N5O2S2. The molecule has 0 saturated carbocycles. The number of fused-ring (bicyclic) bond motifs is 1. The number of imidazole rings is 1. The lowest BCUT2D eigenvalue weighted by Crippen LogP contribution is -2.35. The molecule has 0 amide bonds. The fourth-order valence-corrected chi connectivity index (χ4v) is 5.96. The second kappa shape index (κ2) is 7.33. The Morgan fingerprint density at radius 3 is 2.34 bits per heavy atom. The third kappa shape index (κ3) is 3.35. The summed E-state index contributed by atoms with van der Waals surface area (Å²) in [5.41, 5.74) is 1.83. The molecule has 3 aromatic heterocycles. The molecule has 0 aliphatic carbocycles. The van der Waals surface area contributed by atoms with Crippen LogP contribution in [0.3, 0.4) is 0 Å². The molecule has 0 atom stereocenters. The van der Waals surface area contributed by atoms with E-state index in [4.69, 9.17) is 5.10 Å². The van der Waals surface area contributed by atoms with Crippen LogP contribution in [0.1, 0.15) is 19.3 Å². The lowest BCUT2D eigenvalue weighted by molar-refractivity contribution is 0.346. The van der Waals surface area contributed by atoms with Crippen molar-refractivity contribution in [2.24, 2.45) is 0 Å². The molecule has 9 heteroatoms. The quantitative estimate of drug-likeness (QED) is 0.498. The van der Waals surface area contributed by atoms with E-state index in [1.807, 2.05) is 28.8 Å². The third-order valence-corrected chi connectivity index (χ3v) is 8.00. The van der Waals surface area contributed by atoms with Gasteiger partial charge in [0.05, 0.1) is 11.1 Å². The van der Waals surface area contributed by atoms with E-state index in [0.717, 1.165) is 46.1 Å². The zero-order valence-electron chi connectivity index (χ0n) is 15.6. The molecule has 148 valence electrons. The van der Waals surface area contributed by atoms with Crippen LogP contribution < -0.4 is 0 Å². The maximum atomic E-state index is 12.8. The smallest absolute Gasteiger partial charge is 0.243 e. The summed E-state index contributed by atoms with van der Waals surface area (Å²) in [7, 11) is -3.42. The van der Waals surface area contributed by atoms with Gasteiger partial charge in [0.1, 0.15) is 9.84 Å². The van der Waals surface area contributed by atoms with E-state index < -0.39 is 10.0 Å². The fraction of sp³-hybridized carbons (Fsp3) is 0.250. The highest BCUT2D eigenvalue weighted by atomic mass is 32.2. The van der Waals surface area contributed by atoms with Crippen LogP contribution in [0.2, 0.25) is 0 Å². The summed E-state index contributed by atoms with van der Waals surface area (Å²) in [6, 6.07) is 10.8. The predicted octanol–water partition coefficient (Wildman–Crippen LogP) is 3.69. The fourth-order valence-electron chi connectivity index (χ4n) is 3.54. The van der Waals surface area contributed by atoms with Crippen LogP contribution in [-0.4, -0.2) is 45.4 Å². The molecule has 29 heavy (non-hydrogen) atoms. The van der Waals surface area contributed by atoms with Crippen molar-refractivity contribution < 1.29 is 8.42 Å². The number of sulfonamides is 1. The molecule has 0 spiro atoms. The molecule has 4 aromatic rings. The van der Waals surface area contributed by atoms with Gasteiger partial charge in [-0.15, -0.1) is 0 Å². The van der Waals surface area contributed by atoms with E-state index in [1.165, 1.54) is 11.3 Å². The molecule has 0 radical (unpaired) electrons. The average Bonchev–Trinajstić information content (AvgIpc) is 3.36. The highest BCUT2D eigenvalue weighted by Gasteiger charge is 2.26. The standard InChI is InChI=1S/C20H19N5O2S2/c26-29(27,24-12-2-1-3-13-24)17-6-4-16(5-7-17)20-23-25-18(28-20)14-22-19(25)15-8-10-21-11-9-15/h4-11,14H,1-3,12-13H2. The van der Waals surface area contributed by atoms with Gasteiger partial charge in [0.2, 0.25) is 10.0 Å². The van der Waals surface area contributed by atoms with Crippen LogP contribution in [0.4, 0.5) is 0 Å². The van der Waals surface area contributed by atoms with E-state index in [1.54, 1.807) is 35.0 Å². The molecule has 1 aliphatic rings. The van der Waals surface area contributed by atoms with Crippen LogP contribution in [0, 0.1) is 0 Å². The van der Waals surface area contributed by atoms with Crippen molar-refractivity contribution in [3.05, 3.63) is 55.0 Å². The first kappa shape index (κ1) is 18.4. The number of rotatable bonds is 4. The van der Waals surface area contributed by atoms with Crippen molar-refractivity contribution >= 4 is 26.2 Å². The minimum atomic E-state index is -3.42. The molecule has 1 aliphatic heterocycles. The van der Waals surface area contributed by atoms with Crippen LogP contribution in [0.5, 0.6) is 0 Å². The molecular weight excluding hydrogens is 406 g/mol. The number of hydrogen-bond acceptors (Lipinski definition) is 6. The van der Waals surface area contributed by atoms with Gasteiger partial charge in [0.15, 0.2) is 5.82 Å². The lowest BCUT2D eigenvalue weighted by atomic mass is 10.2. The zero-order chi connectivity index (χ0) is 19.8. The first-order valence-electron chi connectivity index (χ1n) is 9.48. The molecule has 1 aromatic carbocycles. The molecule has 5 rings (SSSR count). The monoisotopic (exact) mass is 425 g/mol. The van der Waals surface area contributed by atoms with Crippen LogP contribution >= 0.6 is 11.3 Å².